The summed E-state index contributed by atoms with van der Waals surface area (Å²) in [7, 11) is 0. The first-order chi connectivity index (χ1) is 9.57. The highest BCUT2D eigenvalue weighted by Gasteiger charge is 2.32. The van der Waals surface area contributed by atoms with Crippen molar-refractivity contribution in [3.8, 4) is 11.4 Å². The third-order valence-electron chi connectivity index (χ3n) is 2.23. The number of hydrogen-bond donors (Lipinski definition) is 0. The molecule has 1 aromatic carbocycles. The summed E-state index contributed by atoms with van der Waals surface area (Å²) in [5.74, 6) is 1.43. The zero-order chi connectivity index (χ0) is 15.8. The summed E-state index contributed by atoms with van der Waals surface area (Å²) in [4.78, 5) is 13.3. The van der Waals surface area contributed by atoms with Crippen LogP contribution in [0.25, 0.3) is 11.4 Å². The molecule has 0 aliphatic heterocycles. The molecule has 0 saturated heterocycles. The lowest BCUT2D eigenvalue weighted by atomic mass is 10.2. The third kappa shape index (κ3) is 5.19. The molecule has 0 aliphatic rings. The molecule has 2 aromatic rings. The van der Waals surface area contributed by atoms with Gasteiger partial charge in [0, 0.05) is 10.6 Å². The Labute approximate surface area is 176 Å². The quantitative estimate of drug-likeness (QED) is 0.310. The van der Waals surface area contributed by atoms with E-state index in [2.05, 4.69) is 111 Å². The number of hydrogen-bond acceptors (Lipinski definition) is 3. The summed E-state index contributed by atoms with van der Waals surface area (Å²) in [5, 5.41) is 0.613. The minimum atomic E-state index is -0.754. The maximum Gasteiger partial charge on any atom is 0.194 e. The van der Waals surface area contributed by atoms with Crippen molar-refractivity contribution in [1.82, 2.24) is 15.0 Å². The zero-order valence-electron chi connectivity index (χ0n) is 9.80. The molecule has 0 fully saturated rings. The van der Waals surface area contributed by atoms with Gasteiger partial charge in [-0.05, 0) is 12.1 Å². The average Bonchev–Trinajstić information content (AvgIpc) is 2.36. The van der Waals surface area contributed by atoms with Crippen LogP contribution in [0.5, 0.6) is 0 Å². The highest BCUT2D eigenvalue weighted by Crippen LogP contribution is 2.46. The summed E-state index contributed by atoms with van der Waals surface area (Å²) < 4.78 is -1.51. The Kier molecular flexibility index (Phi) is 6.34. The van der Waals surface area contributed by atoms with Crippen molar-refractivity contribution in [3.05, 3.63) is 40.9 Å². The maximum atomic E-state index is 6.03. The van der Waals surface area contributed by atoms with Crippen LogP contribution >= 0.6 is 107 Å². The zero-order valence-corrected chi connectivity index (χ0v) is 20.1. The Morgan fingerprint density at radius 1 is 0.810 bits per heavy atom. The molecule has 2 rings (SSSR count). The molecule has 0 N–H and O–H groups in total. The van der Waals surface area contributed by atoms with E-state index in [0.717, 1.165) is 5.56 Å². The summed E-state index contributed by atoms with van der Waals surface area (Å²) in [6, 6.07) is 7.31. The monoisotopic (exact) mass is 687 g/mol. The third-order valence-corrected chi connectivity index (χ3v) is 4.59. The van der Waals surface area contributed by atoms with Crippen LogP contribution in [0.1, 0.15) is 11.6 Å². The second-order valence-corrected chi connectivity index (χ2v) is 17.8. The minimum absolute atomic E-state index is 0.463. The Hall–Kier alpha value is 1.40. The fraction of sp³-hybridized carbons (Fsp3) is 0.182. The standard InChI is InChI=1S/C11H4Br6ClN3/c12-10(13,14)8-19-7(5-2-1-3-6(18)4-5)20-9(21-8)11(15,16)17/h1-4H. The van der Waals surface area contributed by atoms with Crippen molar-refractivity contribution in [2.75, 3.05) is 0 Å². The number of halogens is 7. The lowest BCUT2D eigenvalue weighted by Crippen LogP contribution is -2.15. The van der Waals surface area contributed by atoms with Crippen LogP contribution in [0.3, 0.4) is 0 Å². The predicted octanol–water partition coefficient (Wildman–Crippen LogP) is 6.78. The summed E-state index contributed by atoms with van der Waals surface area (Å²) in [5.41, 5.74) is 0.793. The molecule has 0 radical (unpaired) electrons. The Morgan fingerprint density at radius 3 is 1.76 bits per heavy atom. The van der Waals surface area contributed by atoms with Gasteiger partial charge in [-0.1, -0.05) is 119 Å². The fourth-order valence-electron chi connectivity index (χ4n) is 1.39. The molecule has 1 heterocycles. The predicted molar refractivity (Wildman–Crippen MR) is 107 cm³/mol. The molecule has 0 aliphatic carbocycles. The van der Waals surface area contributed by atoms with Crippen molar-refractivity contribution in [3.63, 3.8) is 0 Å². The molecule has 0 atom stereocenters. The van der Waals surface area contributed by atoms with E-state index in [1.807, 2.05) is 12.1 Å². The topological polar surface area (TPSA) is 38.7 Å². The minimum Gasteiger partial charge on any atom is -0.211 e. The van der Waals surface area contributed by atoms with Crippen LogP contribution in [0.2, 0.25) is 5.02 Å². The van der Waals surface area contributed by atoms with Crippen LogP contribution < -0.4 is 0 Å². The number of aromatic nitrogens is 3. The van der Waals surface area contributed by atoms with E-state index >= 15 is 0 Å². The van der Waals surface area contributed by atoms with Gasteiger partial charge in [0.1, 0.15) is 0 Å². The van der Waals surface area contributed by atoms with E-state index < -0.39 is 4.29 Å². The van der Waals surface area contributed by atoms with Crippen molar-refractivity contribution < 1.29 is 0 Å². The average molecular weight is 693 g/mol. The normalized spacial score (nSPS) is 12.5. The second kappa shape index (κ2) is 7.11. The first kappa shape index (κ1) is 18.7. The Morgan fingerprint density at radius 2 is 1.33 bits per heavy atom. The van der Waals surface area contributed by atoms with Crippen molar-refractivity contribution in [1.29, 1.82) is 0 Å². The molecular formula is C11H4Br6ClN3. The van der Waals surface area contributed by atoms with Crippen LogP contribution in [0.15, 0.2) is 24.3 Å². The van der Waals surface area contributed by atoms with Gasteiger partial charge in [-0.15, -0.1) is 0 Å². The molecular weight excluding hydrogens is 689 g/mol. The van der Waals surface area contributed by atoms with Gasteiger partial charge in [0.05, 0.1) is 0 Å². The SMILES string of the molecule is Clc1cccc(-c2nc(C(Br)(Br)Br)nc(C(Br)(Br)Br)n2)c1. The van der Waals surface area contributed by atoms with Gasteiger partial charge in [-0.3, -0.25) is 0 Å². The molecule has 0 bridgehead atoms. The number of rotatable bonds is 1. The van der Waals surface area contributed by atoms with Crippen molar-refractivity contribution in [2.24, 2.45) is 0 Å². The summed E-state index contributed by atoms with van der Waals surface area (Å²) >= 11 is 26.5. The van der Waals surface area contributed by atoms with Crippen LogP contribution in [0, 0.1) is 0 Å². The molecule has 0 spiro atoms. The van der Waals surface area contributed by atoms with Gasteiger partial charge in [-0.2, -0.15) is 0 Å². The molecule has 10 heteroatoms. The Balaban J connectivity index is 2.66. The van der Waals surface area contributed by atoms with Gasteiger partial charge in [0.25, 0.3) is 0 Å². The summed E-state index contributed by atoms with van der Waals surface area (Å²) in [6.07, 6.45) is 0. The van der Waals surface area contributed by atoms with E-state index in [9.17, 15) is 0 Å². The van der Waals surface area contributed by atoms with E-state index in [1.54, 1.807) is 12.1 Å². The molecule has 3 nitrogen and oxygen atoms in total. The summed E-state index contributed by atoms with van der Waals surface area (Å²) in [6.45, 7) is 0. The number of benzene rings is 1. The lowest BCUT2D eigenvalue weighted by molar-refractivity contribution is 0.893. The second-order valence-electron chi connectivity index (χ2n) is 3.81. The number of nitrogens with zero attached hydrogens (tertiary/aromatic N) is 3. The Bertz CT molecular complexity index is 635. The molecule has 0 unspecified atom stereocenters. The van der Waals surface area contributed by atoms with E-state index in [1.165, 1.54) is 0 Å². The van der Waals surface area contributed by atoms with E-state index in [4.69, 9.17) is 11.6 Å². The molecule has 112 valence electrons. The molecule has 0 amide bonds. The number of alkyl halides is 6. The molecule has 0 saturated carbocycles. The lowest BCUT2D eigenvalue weighted by Gasteiger charge is -2.17. The van der Waals surface area contributed by atoms with Gasteiger partial charge < -0.3 is 0 Å². The molecule has 21 heavy (non-hydrogen) atoms. The van der Waals surface area contributed by atoms with Gasteiger partial charge in [-0.25, -0.2) is 15.0 Å². The first-order valence-corrected chi connectivity index (χ1v) is 10.4. The van der Waals surface area contributed by atoms with Crippen molar-refractivity contribution >= 4 is 107 Å². The smallest absolute Gasteiger partial charge is 0.194 e. The largest absolute Gasteiger partial charge is 0.211 e. The fourth-order valence-corrected chi connectivity index (χ4v) is 2.64. The first-order valence-electron chi connectivity index (χ1n) is 5.24. The van der Waals surface area contributed by atoms with Crippen molar-refractivity contribution in [2.45, 2.75) is 4.29 Å². The van der Waals surface area contributed by atoms with Gasteiger partial charge >= 0.3 is 0 Å². The van der Waals surface area contributed by atoms with Crippen LogP contribution in [-0.4, -0.2) is 15.0 Å². The van der Waals surface area contributed by atoms with E-state index in [0.29, 0.717) is 22.5 Å². The molecule has 1 aromatic heterocycles. The van der Waals surface area contributed by atoms with E-state index in [-0.39, 0.29) is 0 Å². The van der Waals surface area contributed by atoms with Crippen LogP contribution in [0.4, 0.5) is 0 Å². The maximum absolute atomic E-state index is 6.03. The highest BCUT2D eigenvalue weighted by atomic mass is 80.0. The van der Waals surface area contributed by atoms with Gasteiger partial charge in [0.15, 0.2) is 21.8 Å². The van der Waals surface area contributed by atoms with Gasteiger partial charge in [0.2, 0.25) is 0 Å². The highest BCUT2D eigenvalue weighted by molar-refractivity contribution is 9.39. The van der Waals surface area contributed by atoms with Crippen LogP contribution in [-0.2, 0) is 4.29 Å².